The van der Waals surface area contributed by atoms with Crippen molar-refractivity contribution in [3.05, 3.63) is 60.0 Å². The molecule has 1 amide bonds. The molecular formula is C26H27F3N4O7. The standard InChI is InChI=1S/C26H27F3N4O7/c1-37-15-5-3-14(4-6-15)32-10-16(39-26(32)36)9-20-25(38-2)23(24(35)21(12-34)40-20)33-11-19(30-31-33)13-7-17(27)22(29)18(28)8-13/h3-8,11,16,20-21,23-25,34-35H,9-10,12H2,1-2H3/t16?,20-,21-,23+,24+,25+/m1/s1. The molecule has 40 heavy (non-hydrogen) atoms. The Bertz CT molecular complexity index is 1340. The summed E-state index contributed by atoms with van der Waals surface area (Å²) in [5, 5.41) is 28.9. The fourth-order valence-electron chi connectivity index (χ4n) is 5.09. The fraction of sp³-hybridized carbons (Fsp3) is 0.423. The number of aliphatic hydroxyl groups is 2. The third kappa shape index (κ3) is 5.22. The summed E-state index contributed by atoms with van der Waals surface area (Å²) in [6.45, 7) is -0.323. The van der Waals surface area contributed by atoms with Crippen LogP contribution < -0.4 is 9.64 Å². The minimum absolute atomic E-state index is 0.0169. The molecule has 6 atom stereocenters. The molecule has 1 unspecified atom stereocenters. The van der Waals surface area contributed by atoms with Crippen LogP contribution >= 0.6 is 0 Å². The van der Waals surface area contributed by atoms with E-state index in [9.17, 15) is 28.2 Å². The lowest BCUT2D eigenvalue weighted by Gasteiger charge is -2.44. The highest BCUT2D eigenvalue weighted by atomic mass is 19.2. The maximum absolute atomic E-state index is 13.8. The molecule has 0 radical (unpaired) electrons. The number of nitrogens with zero attached hydrogens (tertiary/aromatic N) is 4. The molecular weight excluding hydrogens is 537 g/mol. The van der Waals surface area contributed by atoms with E-state index < -0.39 is 66.7 Å². The topological polar surface area (TPSA) is 128 Å². The van der Waals surface area contributed by atoms with Gasteiger partial charge in [-0.1, -0.05) is 5.21 Å². The zero-order valence-corrected chi connectivity index (χ0v) is 21.5. The Morgan fingerprint density at radius 3 is 2.42 bits per heavy atom. The number of methoxy groups -OCH3 is 2. The van der Waals surface area contributed by atoms with Crippen LogP contribution in [0, 0.1) is 17.5 Å². The molecule has 2 aliphatic heterocycles. The molecule has 2 saturated heterocycles. The maximum atomic E-state index is 13.8. The summed E-state index contributed by atoms with van der Waals surface area (Å²) in [6, 6.07) is 7.51. The van der Waals surface area contributed by atoms with E-state index in [1.54, 1.807) is 24.3 Å². The van der Waals surface area contributed by atoms with Gasteiger partial charge >= 0.3 is 6.09 Å². The highest BCUT2D eigenvalue weighted by Crippen LogP contribution is 2.36. The van der Waals surface area contributed by atoms with Crippen LogP contribution in [0.5, 0.6) is 5.75 Å². The summed E-state index contributed by atoms with van der Waals surface area (Å²) in [7, 11) is 2.94. The van der Waals surface area contributed by atoms with Gasteiger partial charge in [-0.05, 0) is 36.4 Å². The number of amides is 1. The van der Waals surface area contributed by atoms with E-state index in [0.717, 1.165) is 12.1 Å². The van der Waals surface area contributed by atoms with E-state index in [1.807, 2.05) is 0 Å². The predicted molar refractivity (Wildman–Crippen MR) is 132 cm³/mol. The first-order chi connectivity index (χ1) is 19.2. The predicted octanol–water partition coefficient (Wildman–Crippen LogP) is 2.46. The number of rotatable bonds is 8. The number of benzene rings is 2. The largest absolute Gasteiger partial charge is 0.497 e. The lowest BCUT2D eigenvalue weighted by atomic mass is 9.89. The molecule has 0 aliphatic carbocycles. The lowest BCUT2D eigenvalue weighted by molar-refractivity contribution is -0.217. The first kappa shape index (κ1) is 27.8. The van der Waals surface area contributed by atoms with E-state index in [4.69, 9.17) is 18.9 Å². The fourth-order valence-corrected chi connectivity index (χ4v) is 5.09. The molecule has 3 aromatic rings. The second kappa shape index (κ2) is 11.4. The number of halogens is 3. The van der Waals surface area contributed by atoms with Crippen molar-refractivity contribution in [1.29, 1.82) is 0 Å². The number of cyclic esters (lactones) is 1. The van der Waals surface area contributed by atoms with Crippen LogP contribution in [0.25, 0.3) is 11.3 Å². The van der Waals surface area contributed by atoms with E-state index in [1.165, 1.54) is 30.0 Å². The van der Waals surface area contributed by atoms with Crippen LogP contribution in [-0.4, -0.2) is 89.2 Å². The average molecular weight is 565 g/mol. The van der Waals surface area contributed by atoms with E-state index in [-0.39, 0.29) is 24.2 Å². The number of aromatic nitrogens is 3. The Labute approximate surface area is 226 Å². The SMILES string of the molecule is COc1ccc(N2CC(C[C@H]3O[C@H](CO)[C@H](O)[C@H](n4cc(-c5cc(F)c(F)c(F)c5)nn4)[C@H]3OC)OC2=O)cc1. The molecule has 0 saturated carbocycles. The molecule has 2 aliphatic rings. The monoisotopic (exact) mass is 564 g/mol. The third-order valence-corrected chi connectivity index (χ3v) is 7.08. The molecule has 3 heterocycles. The van der Waals surface area contributed by atoms with Gasteiger partial charge in [-0.15, -0.1) is 5.10 Å². The Balaban J connectivity index is 1.37. The number of aliphatic hydroxyl groups excluding tert-OH is 2. The number of hydrogen-bond acceptors (Lipinski definition) is 9. The van der Waals surface area contributed by atoms with Gasteiger partial charge in [0.15, 0.2) is 17.5 Å². The van der Waals surface area contributed by atoms with Crippen LogP contribution in [0.15, 0.2) is 42.6 Å². The smallest absolute Gasteiger partial charge is 0.414 e. The van der Waals surface area contributed by atoms with Crippen molar-refractivity contribution in [1.82, 2.24) is 15.0 Å². The van der Waals surface area contributed by atoms with E-state index in [0.29, 0.717) is 11.4 Å². The quantitative estimate of drug-likeness (QED) is 0.397. The number of ether oxygens (including phenoxy) is 4. The first-order valence-electron chi connectivity index (χ1n) is 12.4. The second-order valence-corrected chi connectivity index (χ2v) is 9.46. The minimum Gasteiger partial charge on any atom is -0.497 e. The molecule has 0 spiro atoms. The zero-order valence-electron chi connectivity index (χ0n) is 21.5. The van der Waals surface area contributed by atoms with Crippen molar-refractivity contribution in [2.24, 2.45) is 0 Å². The molecule has 1 aromatic heterocycles. The van der Waals surface area contributed by atoms with Gasteiger partial charge in [0.05, 0.1) is 32.6 Å². The molecule has 2 aromatic carbocycles. The first-order valence-corrected chi connectivity index (χ1v) is 12.4. The highest BCUT2D eigenvalue weighted by Gasteiger charge is 2.49. The van der Waals surface area contributed by atoms with Gasteiger partial charge in [0, 0.05) is 24.8 Å². The number of carbonyl (C=O) groups is 1. The van der Waals surface area contributed by atoms with Gasteiger partial charge < -0.3 is 29.2 Å². The highest BCUT2D eigenvalue weighted by molar-refractivity contribution is 5.89. The Morgan fingerprint density at radius 2 is 1.80 bits per heavy atom. The van der Waals surface area contributed by atoms with Crippen molar-refractivity contribution < 1.29 is 47.1 Å². The van der Waals surface area contributed by atoms with Gasteiger partial charge in [0.2, 0.25) is 0 Å². The van der Waals surface area contributed by atoms with Gasteiger partial charge in [0.25, 0.3) is 0 Å². The molecule has 11 nitrogen and oxygen atoms in total. The lowest BCUT2D eigenvalue weighted by Crippen LogP contribution is -2.57. The molecule has 2 N–H and O–H groups in total. The molecule has 14 heteroatoms. The van der Waals surface area contributed by atoms with Crippen LogP contribution in [0.3, 0.4) is 0 Å². The van der Waals surface area contributed by atoms with Crippen molar-refractivity contribution in [3.8, 4) is 17.0 Å². The zero-order chi connectivity index (χ0) is 28.6. The third-order valence-electron chi connectivity index (χ3n) is 7.08. The van der Waals surface area contributed by atoms with Gasteiger partial charge in [0.1, 0.15) is 41.9 Å². The molecule has 2 fully saturated rings. The minimum atomic E-state index is -1.61. The Hall–Kier alpha value is -3.72. The maximum Gasteiger partial charge on any atom is 0.414 e. The number of hydrogen-bond donors (Lipinski definition) is 2. The molecule has 214 valence electrons. The van der Waals surface area contributed by atoms with Crippen LogP contribution in [0.4, 0.5) is 23.7 Å². The van der Waals surface area contributed by atoms with Crippen LogP contribution in [0.2, 0.25) is 0 Å². The number of carbonyl (C=O) groups excluding carboxylic acids is 1. The number of anilines is 1. The van der Waals surface area contributed by atoms with Gasteiger partial charge in [-0.3, -0.25) is 4.90 Å². The summed E-state index contributed by atoms with van der Waals surface area (Å²) >= 11 is 0. The Morgan fingerprint density at radius 1 is 1.10 bits per heavy atom. The molecule has 5 rings (SSSR count). The summed E-state index contributed by atoms with van der Waals surface area (Å²) in [4.78, 5) is 14.1. The average Bonchev–Trinajstić information content (AvgIpc) is 3.58. The van der Waals surface area contributed by atoms with Crippen LogP contribution in [0.1, 0.15) is 12.5 Å². The van der Waals surface area contributed by atoms with Crippen molar-refractivity contribution in [2.75, 3.05) is 32.3 Å². The van der Waals surface area contributed by atoms with Crippen molar-refractivity contribution >= 4 is 11.8 Å². The molecule has 0 bridgehead atoms. The van der Waals surface area contributed by atoms with E-state index >= 15 is 0 Å². The normalized spacial score (nSPS) is 26.7. The second-order valence-electron chi connectivity index (χ2n) is 9.46. The van der Waals surface area contributed by atoms with Gasteiger partial charge in [-0.25, -0.2) is 22.6 Å². The Kier molecular flexibility index (Phi) is 7.94. The van der Waals surface area contributed by atoms with Crippen LogP contribution in [-0.2, 0) is 14.2 Å². The summed E-state index contributed by atoms with van der Waals surface area (Å²) < 4.78 is 64.6. The van der Waals surface area contributed by atoms with Crippen molar-refractivity contribution in [3.63, 3.8) is 0 Å². The summed E-state index contributed by atoms with van der Waals surface area (Å²) in [5.41, 5.74) is 0.569. The summed E-state index contributed by atoms with van der Waals surface area (Å²) in [5.74, 6) is -3.75. The summed E-state index contributed by atoms with van der Waals surface area (Å²) in [6.07, 6.45) is -3.66. The van der Waals surface area contributed by atoms with Gasteiger partial charge in [-0.2, -0.15) is 0 Å². The van der Waals surface area contributed by atoms with Crippen molar-refractivity contribution in [2.45, 2.75) is 43.0 Å². The van der Waals surface area contributed by atoms with E-state index in [2.05, 4.69) is 10.3 Å².